The topological polar surface area (TPSA) is 120 Å². The SMILES string of the molecule is CCCOc1c(OC)cccc1-c1nc(N)nc(N)c1C#N. The van der Waals surface area contributed by atoms with Crippen molar-refractivity contribution in [2.24, 2.45) is 0 Å². The largest absolute Gasteiger partial charge is 0.493 e. The average Bonchev–Trinajstić information content (AvgIpc) is 2.51. The second-order valence-electron chi connectivity index (χ2n) is 4.49. The molecule has 1 aromatic carbocycles. The number of ether oxygens (including phenoxy) is 2. The standard InChI is InChI=1S/C15H17N5O2/c1-3-7-22-13-9(5-4-6-11(13)21-2)12-10(8-16)14(17)20-15(18)19-12/h4-6H,3,7H2,1-2H3,(H4,17,18,19,20). The zero-order chi connectivity index (χ0) is 16.1. The first-order chi connectivity index (χ1) is 10.6. The summed E-state index contributed by atoms with van der Waals surface area (Å²) in [4.78, 5) is 7.96. The summed E-state index contributed by atoms with van der Waals surface area (Å²) in [6, 6.07) is 7.33. The number of methoxy groups -OCH3 is 1. The van der Waals surface area contributed by atoms with E-state index in [9.17, 15) is 5.26 Å². The maximum absolute atomic E-state index is 9.32. The highest BCUT2D eigenvalue weighted by Gasteiger charge is 2.19. The number of nitriles is 1. The fourth-order valence-electron chi connectivity index (χ4n) is 2.02. The highest BCUT2D eigenvalue weighted by atomic mass is 16.5. The van der Waals surface area contributed by atoms with Crippen LogP contribution >= 0.6 is 0 Å². The Morgan fingerprint density at radius 3 is 2.68 bits per heavy atom. The van der Waals surface area contributed by atoms with Crippen molar-refractivity contribution >= 4 is 11.8 Å². The molecule has 0 aliphatic rings. The molecule has 0 unspecified atom stereocenters. The van der Waals surface area contributed by atoms with Crippen molar-refractivity contribution in [3.05, 3.63) is 23.8 Å². The molecule has 0 aliphatic carbocycles. The summed E-state index contributed by atoms with van der Waals surface area (Å²) in [7, 11) is 1.55. The third-order valence-electron chi connectivity index (χ3n) is 2.97. The molecule has 0 radical (unpaired) electrons. The molecule has 0 bridgehead atoms. The van der Waals surface area contributed by atoms with Gasteiger partial charge in [-0.15, -0.1) is 0 Å². The van der Waals surface area contributed by atoms with Gasteiger partial charge >= 0.3 is 0 Å². The highest BCUT2D eigenvalue weighted by molar-refractivity contribution is 5.79. The number of aromatic nitrogens is 2. The summed E-state index contributed by atoms with van der Waals surface area (Å²) < 4.78 is 11.1. The second kappa shape index (κ2) is 6.63. The molecule has 114 valence electrons. The molecule has 1 heterocycles. The number of para-hydroxylation sites is 1. The van der Waals surface area contributed by atoms with Crippen LogP contribution < -0.4 is 20.9 Å². The molecule has 1 aromatic heterocycles. The van der Waals surface area contributed by atoms with Crippen molar-refractivity contribution in [2.75, 3.05) is 25.2 Å². The van der Waals surface area contributed by atoms with Gasteiger partial charge in [0.25, 0.3) is 0 Å². The van der Waals surface area contributed by atoms with Crippen molar-refractivity contribution in [1.82, 2.24) is 9.97 Å². The van der Waals surface area contributed by atoms with E-state index in [0.29, 0.717) is 29.4 Å². The lowest BCUT2D eigenvalue weighted by molar-refractivity contribution is 0.295. The summed E-state index contributed by atoms with van der Waals surface area (Å²) in [6.07, 6.45) is 0.830. The number of nitrogen functional groups attached to an aromatic ring is 2. The van der Waals surface area contributed by atoms with Crippen molar-refractivity contribution in [3.8, 4) is 28.8 Å². The Balaban J connectivity index is 2.70. The van der Waals surface area contributed by atoms with Gasteiger partial charge in [-0.05, 0) is 18.6 Å². The zero-order valence-electron chi connectivity index (χ0n) is 12.5. The molecule has 0 aliphatic heterocycles. The summed E-state index contributed by atoms with van der Waals surface area (Å²) in [6.45, 7) is 2.50. The van der Waals surface area contributed by atoms with Crippen molar-refractivity contribution in [3.63, 3.8) is 0 Å². The lowest BCUT2D eigenvalue weighted by Crippen LogP contribution is -2.06. The Morgan fingerprint density at radius 2 is 2.05 bits per heavy atom. The van der Waals surface area contributed by atoms with Crippen LogP contribution in [-0.4, -0.2) is 23.7 Å². The van der Waals surface area contributed by atoms with E-state index in [0.717, 1.165) is 6.42 Å². The van der Waals surface area contributed by atoms with Gasteiger partial charge in [-0.3, -0.25) is 0 Å². The minimum absolute atomic E-state index is 0.00392. The molecule has 0 atom stereocenters. The summed E-state index contributed by atoms with van der Waals surface area (Å²) in [5.74, 6) is 1.08. The summed E-state index contributed by atoms with van der Waals surface area (Å²) >= 11 is 0. The average molecular weight is 299 g/mol. The fourth-order valence-corrected chi connectivity index (χ4v) is 2.02. The van der Waals surface area contributed by atoms with Crippen LogP contribution in [0.25, 0.3) is 11.3 Å². The third kappa shape index (κ3) is 2.86. The van der Waals surface area contributed by atoms with Crippen LogP contribution in [0.2, 0.25) is 0 Å². The fraction of sp³-hybridized carbons (Fsp3) is 0.267. The van der Waals surface area contributed by atoms with E-state index >= 15 is 0 Å². The predicted molar refractivity (Wildman–Crippen MR) is 83.3 cm³/mol. The van der Waals surface area contributed by atoms with E-state index in [4.69, 9.17) is 20.9 Å². The van der Waals surface area contributed by atoms with Crippen molar-refractivity contribution < 1.29 is 9.47 Å². The Kier molecular flexibility index (Phi) is 4.63. The first-order valence-corrected chi connectivity index (χ1v) is 6.75. The molecule has 7 heteroatoms. The number of rotatable bonds is 5. The van der Waals surface area contributed by atoms with Gasteiger partial charge in [0, 0.05) is 5.56 Å². The minimum atomic E-state index is -0.00392. The van der Waals surface area contributed by atoms with Gasteiger partial charge in [-0.2, -0.15) is 10.2 Å². The predicted octanol–water partition coefficient (Wildman–Crippen LogP) is 1.98. The second-order valence-corrected chi connectivity index (χ2v) is 4.49. The molecule has 2 aromatic rings. The quantitative estimate of drug-likeness (QED) is 0.865. The first kappa shape index (κ1) is 15.4. The molecule has 0 fully saturated rings. The third-order valence-corrected chi connectivity index (χ3v) is 2.97. The number of benzene rings is 1. The Labute approximate surface area is 128 Å². The van der Waals surface area contributed by atoms with Gasteiger partial charge in [0.15, 0.2) is 11.5 Å². The molecular weight excluding hydrogens is 282 g/mol. The Morgan fingerprint density at radius 1 is 1.27 bits per heavy atom. The molecule has 0 spiro atoms. The van der Waals surface area contributed by atoms with Crippen LogP contribution in [0.4, 0.5) is 11.8 Å². The lowest BCUT2D eigenvalue weighted by Gasteiger charge is -2.15. The molecule has 4 N–H and O–H groups in total. The molecule has 0 saturated carbocycles. The number of anilines is 2. The van der Waals surface area contributed by atoms with E-state index in [1.807, 2.05) is 13.0 Å². The van der Waals surface area contributed by atoms with Crippen LogP contribution in [-0.2, 0) is 0 Å². The first-order valence-electron chi connectivity index (χ1n) is 6.75. The molecule has 22 heavy (non-hydrogen) atoms. The van der Waals surface area contributed by atoms with E-state index in [1.165, 1.54) is 0 Å². The van der Waals surface area contributed by atoms with Crippen LogP contribution in [0.5, 0.6) is 11.5 Å². The molecule has 0 amide bonds. The number of hydrogen-bond acceptors (Lipinski definition) is 7. The highest BCUT2D eigenvalue weighted by Crippen LogP contribution is 2.39. The van der Waals surface area contributed by atoms with Gasteiger partial charge < -0.3 is 20.9 Å². The van der Waals surface area contributed by atoms with Crippen LogP contribution in [0, 0.1) is 11.3 Å². The van der Waals surface area contributed by atoms with Crippen LogP contribution in [0.3, 0.4) is 0 Å². The van der Waals surface area contributed by atoms with Crippen molar-refractivity contribution in [2.45, 2.75) is 13.3 Å². The smallest absolute Gasteiger partial charge is 0.222 e. The number of nitrogens with zero attached hydrogens (tertiary/aromatic N) is 3. The van der Waals surface area contributed by atoms with Gasteiger partial charge in [0.1, 0.15) is 17.5 Å². The van der Waals surface area contributed by atoms with E-state index < -0.39 is 0 Å². The van der Waals surface area contributed by atoms with E-state index in [1.54, 1.807) is 25.3 Å². The van der Waals surface area contributed by atoms with Gasteiger partial charge in [-0.25, -0.2) is 4.98 Å². The molecule has 2 rings (SSSR count). The monoisotopic (exact) mass is 299 g/mol. The Bertz CT molecular complexity index is 725. The molecule has 7 nitrogen and oxygen atoms in total. The number of hydrogen-bond donors (Lipinski definition) is 2. The maximum Gasteiger partial charge on any atom is 0.222 e. The molecule has 0 saturated heterocycles. The summed E-state index contributed by atoms with van der Waals surface area (Å²) in [5, 5.41) is 9.32. The van der Waals surface area contributed by atoms with Gasteiger partial charge in [-0.1, -0.05) is 13.0 Å². The summed E-state index contributed by atoms with van der Waals surface area (Å²) in [5.41, 5.74) is 12.5. The van der Waals surface area contributed by atoms with Crippen LogP contribution in [0.1, 0.15) is 18.9 Å². The van der Waals surface area contributed by atoms with Gasteiger partial charge in [0.05, 0.1) is 19.4 Å². The van der Waals surface area contributed by atoms with Crippen LogP contribution in [0.15, 0.2) is 18.2 Å². The Hall–Kier alpha value is -3.01. The maximum atomic E-state index is 9.32. The van der Waals surface area contributed by atoms with E-state index in [2.05, 4.69) is 9.97 Å². The zero-order valence-corrected chi connectivity index (χ0v) is 12.5. The molecular formula is C15H17N5O2. The minimum Gasteiger partial charge on any atom is -0.493 e. The van der Waals surface area contributed by atoms with E-state index in [-0.39, 0.29) is 17.3 Å². The number of nitrogens with two attached hydrogens (primary N) is 2. The normalized spacial score (nSPS) is 10.0. The van der Waals surface area contributed by atoms with Crippen molar-refractivity contribution in [1.29, 1.82) is 5.26 Å². The van der Waals surface area contributed by atoms with Gasteiger partial charge in [0.2, 0.25) is 5.95 Å². The lowest BCUT2D eigenvalue weighted by atomic mass is 10.1.